The molecule has 2 heterocycles. The molecular weight excluding hydrogens is 853 g/mol. The van der Waals surface area contributed by atoms with E-state index in [1.165, 1.54) is 35.9 Å². The number of cyclic esters (lactones) is 1. The molecule has 19 heteroatoms. The van der Waals surface area contributed by atoms with Gasteiger partial charge in [0.05, 0.1) is 0 Å². The number of fused-ring (bicyclic) bond motifs is 1. The van der Waals surface area contributed by atoms with Crippen molar-refractivity contribution in [1.29, 1.82) is 0 Å². The first-order chi connectivity index (χ1) is 31.0. The van der Waals surface area contributed by atoms with Gasteiger partial charge in [0.2, 0.25) is 47.3 Å². The van der Waals surface area contributed by atoms with E-state index in [9.17, 15) is 48.3 Å². The van der Waals surface area contributed by atoms with Crippen LogP contribution in [-0.4, -0.2) is 130 Å². The Morgan fingerprint density at radius 1 is 0.833 bits per heavy atom. The van der Waals surface area contributed by atoms with Crippen molar-refractivity contribution in [3.8, 4) is 5.75 Å². The lowest BCUT2D eigenvalue weighted by atomic mass is 9.95. The van der Waals surface area contributed by atoms with E-state index in [-0.39, 0.29) is 50.3 Å². The Kier molecular flexibility index (Phi) is 20.9. The molecule has 0 spiro atoms. The molecule has 368 valence electrons. The van der Waals surface area contributed by atoms with Crippen LogP contribution < -0.4 is 32.3 Å². The summed E-state index contributed by atoms with van der Waals surface area (Å²) in [7, 11) is 1.43. The van der Waals surface area contributed by atoms with Gasteiger partial charge in [-0.3, -0.25) is 38.4 Å². The van der Waals surface area contributed by atoms with Gasteiger partial charge in [0.15, 0.2) is 0 Å². The molecule has 1 aromatic rings. The highest BCUT2D eigenvalue weighted by Gasteiger charge is 2.44. The van der Waals surface area contributed by atoms with Crippen molar-refractivity contribution in [1.82, 2.24) is 36.4 Å². The third-order valence-corrected chi connectivity index (χ3v) is 12.9. The Labute approximate surface area is 388 Å². The smallest absolute Gasteiger partial charge is 0.329 e. The fraction of sp³-hybridized carbons (Fsp3) is 0.681. The Bertz CT molecular complexity index is 1890. The van der Waals surface area contributed by atoms with Crippen LogP contribution in [0.1, 0.15) is 119 Å². The predicted octanol–water partition coefficient (Wildman–Crippen LogP) is 1.57. The molecular formula is C47H74N8O11. The van der Waals surface area contributed by atoms with Crippen molar-refractivity contribution < 1.29 is 53.0 Å². The first-order valence-corrected chi connectivity index (χ1v) is 23.4. The first-order valence-electron chi connectivity index (χ1n) is 23.4. The third-order valence-electron chi connectivity index (χ3n) is 12.9. The maximum absolute atomic E-state index is 14.6. The summed E-state index contributed by atoms with van der Waals surface area (Å²) in [5.41, 5.74) is 5.98. The van der Waals surface area contributed by atoms with Crippen LogP contribution in [0.4, 0.5) is 0 Å². The number of esters is 1. The number of phenolic OH excluding ortho intramolecular Hbond substituents is 1. The van der Waals surface area contributed by atoms with Crippen LogP contribution in [0.3, 0.4) is 0 Å². The van der Waals surface area contributed by atoms with Crippen LogP contribution in [0.5, 0.6) is 5.75 Å². The Balaban J connectivity index is 2.24. The quantitative estimate of drug-likeness (QED) is 0.117. The van der Waals surface area contributed by atoms with Gasteiger partial charge in [0.25, 0.3) is 0 Å². The minimum absolute atomic E-state index is 0.0171. The molecule has 0 aliphatic carbocycles. The number of ether oxygens (including phenoxy) is 1. The molecule has 8 amide bonds. The zero-order valence-corrected chi connectivity index (χ0v) is 40.3. The maximum atomic E-state index is 14.6. The van der Waals surface area contributed by atoms with E-state index in [1.54, 1.807) is 46.8 Å². The number of carbonyl (C=O) groups excluding carboxylic acids is 9. The number of likely N-dealkylation sites (N-methyl/N-ethyl adjacent to an activating group) is 1. The summed E-state index contributed by atoms with van der Waals surface area (Å²) in [5, 5.41) is 23.7. The molecule has 5 unspecified atom stereocenters. The molecule has 2 saturated heterocycles. The number of benzene rings is 1. The second-order valence-electron chi connectivity index (χ2n) is 18.5. The van der Waals surface area contributed by atoms with Crippen molar-refractivity contribution >= 4 is 53.2 Å². The lowest BCUT2D eigenvalue weighted by molar-refractivity contribution is -0.158. The van der Waals surface area contributed by atoms with Gasteiger partial charge in [-0.2, -0.15) is 0 Å². The summed E-state index contributed by atoms with van der Waals surface area (Å²) in [6, 6.07) is -2.95. The van der Waals surface area contributed by atoms with Gasteiger partial charge in [0, 0.05) is 32.4 Å². The van der Waals surface area contributed by atoms with E-state index in [4.69, 9.17) is 10.5 Å². The highest BCUT2D eigenvalue weighted by atomic mass is 16.5. The molecule has 11 atom stereocenters. The number of primary amides is 1. The van der Waals surface area contributed by atoms with Gasteiger partial charge >= 0.3 is 5.97 Å². The van der Waals surface area contributed by atoms with Crippen LogP contribution in [0.25, 0.3) is 0 Å². The lowest BCUT2D eigenvalue weighted by Crippen LogP contribution is -2.62. The molecule has 0 bridgehead atoms. The number of nitrogens with one attached hydrogen (secondary N) is 5. The van der Waals surface area contributed by atoms with Crippen LogP contribution in [-0.2, 0) is 54.3 Å². The van der Waals surface area contributed by atoms with Crippen LogP contribution in [0.15, 0.2) is 24.3 Å². The van der Waals surface area contributed by atoms with Crippen LogP contribution in [0.2, 0.25) is 0 Å². The van der Waals surface area contributed by atoms with Gasteiger partial charge in [0.1, 0.15) is 54.1 Å². The second kappa shape index (κ2) is 25.2. The normalized spacial score (nSPS) is 25.7. The molecule has 8 N–H and O–H groups in total. The largest absolute Gasteiger partial charge is 0.508 e. The summed E-state index contributed by atoms with van der Waals surface area (Å²) >= 11 is 0. The van der Waals surface area contributed by atoms with Crippen molar-refractivity contribution in [2.45, 2.75) is 168 Å². The number of hydrogen-bond acceptors (Lipinski definition) is 11. The number of hydrogen-bond donors (Lipinski definition) is 7. The van der Waals surface area contributed by atoms with Gasteiger partial charge in [-0.25, -0.2) is 4.79 Å². The number of phenols is 1. The molecule has 1 aromatic carbocycles. The van der Waals surface area contributed by atoms with Crippen molar-refractivity contribution in [2.75, 3.05) is 13.6 Å². The van der Waals surface area contributed by atoms with Gasteiger partial charge in [-0.05, 0) is 74.5 Å². The number of rotatable bonds is 16. The molecule has 66 heavy (non-hydrogen) atoms. The van der Waals surface area contributed by atoms with E-state index in [0.29, 0.717) is 31.2 Å². The molecule has 3 rings (SSSR count). The first kappa shape index (κ1) is 54.6. The minimum atomic E-state index is -1.70. The summed E-state index contributed by atoms with van der Waals surface area (Å²) in [6.07, 6.45) is 0.0414. The fourth-order valence-electron chi connectivity index (χ4n) is 7.97. The molecule has 0 aromatic heterocycles. The van der Waals surface area contributed by atoms with Crippen molar-refractivity contribution in [3.63, 3.8) is 0 Å². The van der Waals surface area contributed by atoms with Crippen LogP contribution >= 0.6 is 0 Å². The number of aromatic hydroxyl groups is 1. The maximum Gasteiger partial charge on any atom is 0.329 e. The summed E-state index contributed by atoms with van der Waals surface area (Å²) in [4.78, 5) is 129. The molecule has 2 aliphatic rings. The third kappa shape index (κ3) is 14.9. The van der Waals surface area contributed by atoms with E-state index < -0.39 is 119 Å². The van der Waals surface area contributed by atoms with E-state index >= 15 is 0 Å². The fourth-order valence-corrected chi connectivity index (χ4v) is 7.97. The van der Waals surface area contributed by atoms with E-state index in [2.05, 4.69) is 26.6 Å². The van der Waals surface area contributed by atoms with E-state index in [1.807, 2.05) is 20.8 Å². The zero-order valence-electron chi connectivity index (χ0n) is 40.3. The number of nitrogens with zero attached hydrogens (tertiary/aromatic N) is 2. The number of amides is 8. The molecule has 0 saturated carbocycles. The van der Waals surface area contributed by atoms with Crippen molar-refractivity contribution in [3.05, 3.63) is 29.8 Å². The summed E-state index contributed by atoms with van der Waals surface area (Å²) < 4.78 is 5.95. The van der Waals surface area contributed by atoms with Gasteiger partial charge in [-0.15, -0.1) is 0 Å². The highest BCUT2D eigenvalue weighted by Crippen LogP contribution is 2.24. The molecule has 2 fully saturated rings. The Morgan fingerprint density at radius 2 is 1.44 bits per heavy atom. The van der Waals surface area contributed by atoms with Gasteiger partial charge < -0.3 is 52.0 Å². The average Bonchev–Trinajstić information content (AvgIpc) is 3.78. The van der Waals surface area contributed by atoms with E-state index in [0.717, 1.165) is 0 Å². The number of nitrogens with two attached hydrogens (primary N) is 1. The Hall–Kier alpha value is -5.75. The molecule has 2 aliphatic heterocycles. The standard InChI is InChI=1S/C47H74N8O11/c1-11-26(6)37-46(64)54(10)35(24-30-16-18-31(56)19-17-30)43(61)52-38(27(7)12-2)47(65)66-29(9)39(53-41(59)32(20-21-36(48)57)49-40(58)28(8)13-3)44(62)50-33(23-25(4)5)45(63)55-22-14-15-34(55)42(60)51-37/h16-19,25-29,32-35,37-39,56H,11-15,20-24H2,1-10H3,(H2,48,57)(H,49,58)(H,50,62)(H,51,60)(H,52,61)(H,53,59)/t26?,27?,28?,29-,32+,33+,34+,35?,37?,38+,39+/m1/s1. The monoisotopic (exact) mass is 927 g/mol. The summed E-state index contributed by atoms with van der Waals surface area (Å²) in [6.45, 7) is 15.8. The van der Waals surface area contributed by atoms with Crippen LogP contribution in [0, 0.1) is 23.7 Å². The second-order valence-corrected chi connectivity index (χ2v) is 18.5. The Morgan fingerprint density at radius 3 is 2.02 bits per heavy atom. The van der Waals surface area contributed by atoms with Crippen molar-refractivity contribution in [2.24, 2.45) is 29.4 Å². The highest BCUT2D eigenvalue weighted by molar-refractivity contribution is 5.98. The zero-order chi connectivity index (χ0) is 49.6. The average molecular weight is 927 g/mol. The lowest BCUT2D eigenvalue weighted by Gasteiger charge is -2.35. The SMILES string of the molecule is CCC(C)C(=O)N[C@@H](CCC(N)=O)C(=O)N[C@@H]1C(=O)N[C@@H](CC(C)C)C(=O)N2CCC[C@H]2C(=O)NC(C(C)CC)C(=O)N(C)C(Cc2ccc(O)cc2)C(=O)N[C@@H](C(C)CC)C(=O)O[C@@H]1C. The van der Waals surface area contributed by atoms with Gasteiger partial charge in [-0.1, -0.05) is 80.4 Å². The molecule has 0 radical (unpaired) electrons. The predicted molar refractivity (Wildman–Crippen MR) is 245 cm³/mol. The number of carbonyl (C=O) groups is 9. The summed E-state index contributed by atoms with van der Waals surface area (Å²) in [5.74, 6) is -8.19. The molecule has 19 nitrogen and oxygen atoms in total. The topological polar surface area (TPSA) is 276 Å². The minimum Gasteiger partial charge on any atom is -0.508 e.